The number of halogens is 1. The van der Waals surface area contributed by atoms with E-state index in [9.17, 15) is 4.57 Å². The summed E-state index contributed by atoms with van der Waals surface area (Å²) >= 11 is 4.64. The standard InChI is InChI=1S/C18H16NOP.CH3Cl/c1-15-9-8-14-19-18(15)21(20,16-10-4-2-5-11-16)17-12-6-3-7-13-17;1-2/h2-14H,1H3;1H3. The molecule has 0 aliphatic rings. The zero-order valence-corrected chi connectivity index (χ0v) is 14.8. The first-order valence-electron chi connectivity index (χ1n) is 7.24. The van der Waals surface area contributed by atoms with E-state index in [1.165, 1.54) is 6.38 Å². The Labute approximate surface area is 142 Å². The quantitative estimate of drug-likeness (QED) is 0.533. The van der Waals surface area contributed by atoms with Crippen LogP contribution in [0.3, 0.4) is 0 Å². The predicted molar refractivity (Wildman–Crippen MR) is 100 cm³/mol. The second-order valence-corrected chi connectivity index (χ2v) is 7.60. The number of aryl methyl sites for hydroxylation is 1. The van der Waals surface area contributed by atoms with Crippen LogP contribution in [0.2, 0.25) is 0 Å². The highest BCUT2D eigenvalue weighted by Crippen LogP contribution is 2.42. The van der Waals surface area contributed by atoms with Gasteiger partial charge in [-0.3, -0.25) is 4.98 Å². The maximum Gasteiger partial charge on any atom is 0.188 e. The van der Waals surface area contributed by atoms with Gasteiger partial charge in [0, 0.05) is 23.2 Å². The summed E-state index contributed by atoms with van der Waals surface area (Å²) in [6, 6.07) is 23.1. The van der Waals surface area contributed by atoms with E-state index in [1.54, 1.807) is 6.20 Å². The lowest BCUT2D eigenvalue weighted by atomic mass is 10.3. The van der Waals surface area contributed by atoms with E-state index < -0.39 is 7.14 Å². The van der Waals surface area contributed by atoms with E-state index in [0.717, 1.165) is 16.2 Å². The third-order valence-corrected chi connectivity index (χ3v) is 6.64. The van der Waals surface area contributed by atoms with Crippen molar-refractivity contribution < 1.29 is 4.57 Å². The van der Waals surface area contributed by atoms with Crippen molar-refractivity contribution >= 4 is 34.8 Å². The minimum Gasteiger partial charge on any atom is -0.307 e. The number of nitrogens with zero attached hydrogens (tertiary/aromatic N) is 1. The molecule has 3 aromatic rings. The molecule has 2 nitrogen and oxygen atoms in total. The van der Waals surface area contributed by atoms with Crippen molar-refractivity contribution in [3.63, 3.8) is 0 Å². The molecule has 0 radical (unpaired) electrons. The summed E-state index contributed by atoms with van der Waals surface area (Å²) in [5.41, 5.74) is 1.62. The van der Waals surface area contributed by atoms with Crippen LogP contribution in [0.15, 0.2) is 79.0 Å². The molecule has 2 aromatic carbocycles. The molecule has 23 heavy (non-hydrogen) atoms. The molecule has 0 aliphatic heterocycles. The maximum absolute atomic E-state index is 14.0. The average molecular weight is 344 g/mol. The molecule has 0 bridgehead atoms. The third-order valence-electron chi connectivity index (χ3n) is 3.52. The van der Waals surface area contributed by atoms with Crippen molar-refractivity contribution in [3.05, 3.63) is 84.6 Å². The van der Waals surface area contributed by atoms with Crippen molar-refractivity contribution in [1.82, 2.24) is 4.98 Å². The van der Waals surface area contributed by atoms with E-state index in [1.807, 2.05) is 79.7 Å². The van der Waals surface area contributed by atoms with Crippen LogP contribution >= 0.6 is 18.7 Å². The summed E-state index contributed by atoms with van der Waals surface area (Å²) in [7, 11) is -2.93. The second-order valence-electron chi connectivity index (χ2n) is 4.92. The molecular formula is C19H19ClNOP. The molecule has 0 amide bonds. The molecule has 1 heterocycles. The van der Waals surface area contributed by atoms with Crippen molar-refractivity contribution in [3.8, 4) is 0 Å². The van der Waals surface area contributed by atoms with Gasteiger partial charge < -0.3 is 4.57 Å². The number of alkyl halides is 1. The van der Waals surface area contributed by atoms with Crippen molar-refractivity contribution in [1.29, 1.82) is 0 Å². The van der Waals surface area contributed by atoms with Gasteiger partial charge in [0.2, 0.25) is 0 Å². The Morgan fingerprint density at radius 1 is 0.783 bits per heavy atom. The number of benzene rings is 2. The first-order valence-corrected chi connectivity index (χ1v) is 9.70. The van der Waals surface area contributed by atoms with Gasteiger partial charge in [0.15, 0.2) is 7.14 Å². The molecule has 4 heteroatoms. The molecule has 0 unspecified atom stereocenters. The molecule has 0 saturated carbocycles. The molecule has 1 aromatic heterocycles. The highest BCUT2D eigenvalue weighted by atomic mass is 35.5. The number of hydrogen-bond acceptors (Lipinski definition) is 2. The zero-order valence-electron chi connectivity index (χ0n) is 13.2. The van der Waals surface area contributed by atoms with Gasteiger partial charge in [0.25, 0.3) is 0 Å². The molecule has 0 N–H and O–H groups in total. The average Bonchev–Trinajstić information content (AvgIpc) is 2.64. The van der Waals surface area contributed by atoms with Gasteiger partial charge in [-0.2, -0.15) is 0 Å². The van der Waals surface area contributed by atoms with Crippen molar-refractivity contribution in [2.75, 3.05) is 6.38 Å². The molecule has 0 aliphatic carbocycles. The highest BCUT2D eigenvalue weighted by Gasteiger charge is 2.32. The molecule has 0 atom stereocenters. The summed E-state index contributed by atoms with van der Waals surface area (Å²) in [6.45, 7) is 1.96. The summed E-state index contributed by atoms with van der Waals surface area (Å²) in [4.78, 5) is 4.44. The van der Waals surface area contributed by atoms with Crippen LogP contribution in [0.25, 0.3) is 0 Å². The van der Waals surface area contributed by atoms with Gasteiger partial charge in [-0.25, -0.2) is 0 Å². The fourth-order valence-electron chi connectivity index (χ4n) is 2.48. The Kier molecular flexibility index (Phi) is 6.15. The lowest BCUT2D eigenvalue weighted by Crippen LogP contribution is -2.28. The van der Waals surface area contributed by atoms with Crippen molar-refractivity contribution in [2.45, 2.75) is 6.92 Å². The van der Waals surface area contributed by atoms with Gasteiger partial charge in [-0.15, -0.1) is 11.6 Å². The Morgan fingerprint density at radius 2 is 1.26 bits per heavy atom. The third kappa shape index (κ3) is 3.55. The van der Waals surface area contributed by atoms with Crippen LogP contribution in [0.4, 0.5) is 0 Å². The van der Waals surface area contributed by atoms with Gasteiger partial charge in [0.1, 0.15) is 5.44 Å². The Balaban J connectivity index is 0.000000924. The second kappa shape index (κ2) is 8.10. The Bertz CT molecular complexity index is 747. The van der Waals surface area contributed by atoms with Gasteiger partial charge in [0.05, 0.1) is 0 Å². The van der Waals surface area contributed by atoms with Crippen LogP contribution in [-0.2, 0) is 4.57 Å². The van der Waals surface area contributed by atoms with E-state index >= 15 is 0 Å². The van der Waals surface area contributed by atoms with E-state index in [2.05, 4.69) is 16.6 Å². The fraction of sp³-hybridized carbons (Fsp3) is 0.105. The first kappa shape index (κ1) is 17.5. The van der Waals surface area contributed by atoms with Crippen LogP contribution in [0.1, 0.15) is 5.56 Å². The molecular weight excluding hydrogens is 325 g/mol. The van der Waals surface area contributed by atoms with Crippen LogP contribution < -0.4 is 16.0 Å². The minimum absolute atomic E-state index is 0.669. The van der Waals surface area contributed by atoms with Gasteiger partial charge >= 0.3 is 0 Å². The maximum atomic E-state index is 14.0. The number of rotatable bonds is 3. The fourth-order valence-corrected chi connectivity index (χ4v) is 5.25. The summed E-state index contributed by atoms with van der Waals surface area (Å²) in [5.74, 6) is 0. The smallest absolute Gasteiger partial charge is 0.188 e. The SMILES string of the molecule is CCl.Cc1cccnc1P(=O)(c1ccccc1)c1ccccc1. The number of hydrogen-bond donors (Lipinski definition) is 0. The highest BCUT2D eigenvalue weighted by molar-refractivity contribution is 7.85. The largest absolute Gasteiger partial charge is 0.307 e. The minimum atomic E-state index is -2.93. The van der Waals surface area contributed by atoms with E-state index in [-0.39, 0.29) is 0 Å². The lowest BCUT2D eigenvalue weighted by molar-refractivity contribution is 0.592. The van der Waals surface area contributed by atoms with Gasteiger partial charge in [-0.05, 0) is 18.6 Å². The Morgan fingerprint density at radius 3 is 1.70 bits per heavy atom. The summed E-state index contributed by atoms with van der Waals surface area (Å²) in [6.07, 6.45) is 3.18. The normalized spacial score (nSPS) is 10.6. The molecule has 0 spiro atoms. The predicted octanol–water partition coefficient (Wildman–Crippen LogP) is 3.88. The topological polar surface area (TPSA) is 30.0 Å². The van der Waals surface area contributed by atoms with Gasteiger partial charge in [-0.1, -0.05) is 66.7 Å². The van der Waals surface area contributed by atoms with E-state index in [4.69, 9.17) is 0 Å². The molecule has 3 rings (SSSR count). The summed E-state index contributed by atoms with van der Waals surface area (Å²) < 4.78 is 14.0. The molecule has 0 fully saturated rings. The van der Waals surface area contributed by atoms with Crippen LogP contribution in [-0.4, -0.2) is 11.4 Å². The number of pyridine rings is 1. The van der Waals surface area contributed by atoms with Crippen LogP contribution in [0.5, 0.6) is 0 Å². The first-order chi connectivity index (χ1) is 11.2. The monoisotopic (exact) mass is 343 g/mol. The zero-order chi connectivity index (χ0) is 16.7. The summed E-state index contributed by atoms with van der Waals surface area (Å²) in [5, 5.41) is 1.64. The molecule has 118 valence electrons. The lowest BCUT2D eigenvalue weighted by Gasteiger charge is -2.20. The molecule has 0 saturated heterocycles. The Hall–Kier alpha value is -1.89. The number of aromatic nitrogens is 1. The van der Waals surface area contributed by atoms with Crippen LogP contribution in [0, 0.1) is 6.92 Å². The van der Waals surface area contributed by atoms with E-state index in [0.29, 0.717) is 5.44 Å². The van der Waals surface area contributed by atoms with Crippen molar-refractivity contribution in [2.24, 2.45) is 0 Å².